The Morgan fingerprint density at radius 2 is 2.06 bits per heavy atom. The summed E-state index contributed by atoms with van der Waals surface area (Å²) in [5, 5.41) is 18.5. The molecule has 0 unspecified atom stereocenters. The number of benzene rings is 1. The molecular weight excluding hydrogens is 439 g/mol. The van der Waals surface area contributed by atoms with Crippen molar-refractivity contribution in [1.29, 1.82) is 0 Å². The SMILES string of the molecule is CC(C)c1nn(-c2noc(C[C@@H]3CCN(C[C@H]4CCN(C(=O)CO)C4)C3)n2)c2c(F)cccc12. The number of aromatic nitrogens is 4. The van der Waals surface area contributed by atoms with E-state index >= 15 is 0 Å². The highest BCUT2D eigenvalue weighted by Gasteiger charge is 2.31. The molecular formula is C24H31FN6O3. The summed E-state index contributed by atoms with van der Waals surface area (Å²) >= 11 is 0. The van der Waals surface area contributed by atoms with E-state index in [2.05, 4.69) is 20.1 Å². The predicted molar refractivity (Wildman–Crippen MR) is 123 cm³/mol. The number of carbonyl (C=O) groups is 1. The third-order valence-electron chi connectivity index (χ3n) is 7.00. The maximum atomic E-state index is 14.7. The van der Waals surface area contributed by atoms with Crippen LogP contribution in [0.1, 0.15) is 44.2 Å². The van der Waals surface area contributed by atoms with Crippen LogP contribution < -0.4 is 0 Å². The van der Waals surface area contributed by atoms with E-state index < -0.39 is 6.61 Å². The lowest BCUT2D eigenvalue weighted by molar-refractivity contribution is -0.133. The Labute approximate surface area is 197 Å². The van der Waals surface area contributed by atoms with E-state index in [1.165, 1.54) is 10.7 Å². The first-order chi connectivity index (χ1) is 16.4. The summed E-state index contributed by atoms with van der Waals surface area (Å²) in [6, 6.07) is 4.98. The number of likely N-dealkylation sites (tertiary alicyclic amines) is 2. The highest BCUT2D eigenvalue weighted by Crippen LogP contribution is 2.29. The monoisotopic (exact) mass is 470 g/mol. The number of hydrogen-bond acceptors (Lipinski definition) is 7. The standard InChI is InChI=1S/C24H31FN6O3/c1-15(2)22-18-4-3-5-19(25)23(18)31(27-22)24-26-20(34-28-24)10-16-6-8-29(11-16)12-17-7-9-30(13-17)21(33)14-32/h3-5,15-17,32H,6-14H2,1-2H3/t16-,17+/m0/s1. The van der Waals surface area contributed by atoms with Gasteiger partial charge in [-0.25, -0.2) is 4.39 Å². The van der Waals surface area contributed by atoms with Crippen molar-refractivity contribution in [3.05, 3.63) is 35.6 Å². The first kappa shape index (κ1) is 22.9. The van der Waals surface area contributed by atoms with Crippen molar-refractivity contribution in [2.75, 3.05) is 39.3 Å². The molecule has 2 aliphatic heterocycles. The number of hydrogen-bond donors (Lipinski definition) is 1. The Balaban J connectivity index is 1.23. The quantitative estimate of drug-likeness (QED) is 0.566. The lowest BCUT2D eigenvalue weighted by atomic mass is 10.1. The van der Waals surface area contributed by atoms with Gasteiger partial charge in [0.05, 0.1) is 5.69 Å². The van der Waals surface area contributed by atoms with E-state index in [0.29, 0.717) is 29.7 Å². The number of para-hydroxylation sites is 1. The fraction of sp³-hybridized carbons (Fsp3) is 0.583. The molecule has 2 fully saturated rings. The van der Waals surface area contributed by atoms with Crippen LogP contribution in [0, 0.1) is 17.7 Å². The zero-order valence-electron chi connectivity index (χ0n) is 19.7. The minimum Gasteiger partial charge on any atom is -0.387 e. The van der Waals surface area contributed by atoms with Crippen molar-refractivity contribution < 1.29 is 18.8 Å². The molecule has 3 aromatic rings. The second kappa shape index (κ2) is 9.42. The Kier molecular flexibility index (Phi) is 6.35. The van der Waals surface area contributed by atoms with E-state index in [-0.39, 0.29) is 23.6 Å². The van der Waals surface area contributed by atoms with Crippen molar-refractivity contribution >= 4 is 16.8 Å². The van der Waals surface area contributed by atoms with Crippen molar-refractivity contribution in [3.63, 3.8) is 0 Å². The van der Waals surface area contributed by atoms with Crippen LogP contribution >= 0.6 is 0 Å². The van der Waals surface area contributed by atoms with Gasteiger partial charge in [0, 0.05) is 38.0 Å². The number of carbonyl (C=O) groups excluding carboxylic acids is 1. The van der Waals surface area contributed by atoms with Crippen molar-refractivity contribution in [2.45, 2.75) is 39.0 Å². The van der Waals surface area contributed by atoms with Crippen LogP contribution in [0.5, 0.6) is 0 Å². The number of nitrogens with zero attached hydrogens (tertiary/aromatic N) is 6. The number of amides is 1. The van der Waals surface area contributed by atoms with Gasteiger partial charge in [0.15, 0.2) is 0 Å². The van der Waals surface area contributed by atoms with Crippen LogP contribution in [-0.2, 0) is 11.2 Å². The topological polar surface area (TPSA) is 101 Å². The summed E-state index contributed by atoms with van der Waals surface area (Å²) in [4.78, 5) is 20.4. The number of aliphatic hydroxyl groups is 1. The first-order valence-corrected chi connectivity index (χ1v) is 12.0. The fourth-order valence-electron chi connectivity index (χ4n) is 5.30. The molecule has 2 atom stereocenters. The lowest BCUT2D eigenvalue weighted by Crippen LogP contribution is -2.33. The van der Waals surface area contributed by atoms with Crippen LogP contribution in [0.15, 0.2) is 22.7 Å². The van der Waals surface area contributed by atoms with Gasteiger partial charge in [-0.2, -0.15) is 14.8 Å². The molecule has 0 aliphatic carbocycles. The Morgan fingerprint density at radius 1 is 1.24 bits per heavy atom. The van der Waals surface area contributed by atoms with Gasteiger partial charge in [-0.1, -0.05) is 26.0 Å². The van der Waals surface area contributed by atoms with Crippen molar-refractivity contribution in [1.82, 2.24) is 29.7 Å². The minimum absolute atomic E-state index is 0.134. The van der Waals surface area contributed by atoms with Crippen LogP contribution in [-0.4, -0.2) is 80.1 Å². The normalized spacial score (nSPS) is 21.4. The molecule has 2 aromatic heterocycles. The molecule has 9 nitrogen and oxygen atoms in total. The van der Waals surface area contributed by atoms with Gasteiger partial charge in [0.25, 0.3) is 5.95 Å². The molecule has 182 valence electrons. The van der Waals surface area contributed by atoms with Crippen LogP contribution in [0.4, 0.5) is 4.39 Å². The van der Waals surface area contributed by atoms with Gasteiger partial charge in [-0.05, 0) is 48.4 Å². The van der Waals surface area contributed by atoms with E-state index in [1.807, 2.05) is 19.9 Å². The molecule has 4 heterocycles. The van der Waals surface area contributed by atoms with Crippen molar-refractivity contribution in [3.8, 4) is 5.95 Å². The third kappa shape index (κ3) is 4.44. The Morgan fingerprint density at radius 3 is 2.85 bits per heavy atom. The second-order valence-corrected chi connectivity index (χ2v) is 9.85. The van der Waals surface area contributed by atoms with Gasteiger partial charge in [0.1, 0.15) is 17.9 Å². The number of halogens is 1. The predicted octanol–water partition coefficient (Wildman–Crippen LogP) is 2.38. The van der Waals surface area contributed by atoms with Gasteiger partial charge in [-0.15, -0.1) is 0 Å². The van der Waals surface area contributed by atoms with Crippen LogP contribution in [0.25, 0.3) is 16.9 Å². The molecule has 0 radical (unpaired) electrons. The zero-order valence-corrected chi connectivity index (χ0v) is 19.7. The van der Waals surface area contributed by atoms with Gasteiger partial charge < -0.3 is 19.4 Å². The summed E-state index contributed by atoms with van der Waals surface area (Å²) in [6.07, 6.45) is 2.69. The Bertz CT molecular complexity index is 1170. The summed E-state index contributed by atoms with van der Waals surface area (Å²) < 4.78 is 21.6. The van der Waals surface area contributed by atoms with Crippen LogP contribution in [0.3, 0.4) is 0 Å². The first-order valence-electron chi connectivity index (χ1n) is 12.0. The maximum Gasteiger partial charge on any atom is 0.291 e. The molecule has 0 spiro atoms. The van der Waals surface area contributed by atoms with E-state index in [9.17, 15) is 9.18 Å². The molecule has 0 saturated carbocycles. The molecule has 1 amide bonds. The molecule has 1 N–H and O–H groups in total. The summed E-state index contributed by atoms with van der Waals surface area (Å²) in [7, 11) is 0. The van der Waals surface area contributed by atoms with Crippen molar-refractivity contribution in [2.24, 2.45) is 11.8 Å². The van der Waals surface area contributed by atoms with E-state index in [1.54, 1.807) is 11.0 Å². The highest BCUT2D eigenvalue weighted by atomic mass is 19.1. The highest BCUT2D eigenvalue weighted by molar-refractivity contribution is 5.84. The zero-order chi connectivity index (χ0) is 23.8. The molecule has 34 heavy (non-hydrogen) atoms. The van der Waals surface area contributed by atoms with Gasteiger partial charge in [-0.3, -0.25) is 4.79 Å². The summed E-state index contributed by atoms with van der Waals surface area (Å²) in [5.74, 6) is 1.24. The lowest BCUT2D eigenvalue weighted by Gasteiger charge is -2.21. The van der Waals surface area contributed by atoms with E-state index in [0.717, 1.165) is 56.6 Å². The second-order valence-electron chi connectivity index (χ2n) is 9.85. The van der Waals surface area contributed by atoms with E-state index in [4.69, 9.17) is 9.63 Å². The number of fused-ring (bicyclic) bond motifs is 1. The molecule has 1 aromatic carbocycles. The minimum atomic E-state index is -0.412. The fourth-order valence-corrected chi connectivity index (χ4v) is 5.30. The molecule has 5 rings (SSSR count). The van der Waals surface area contributed by atoms with Gasteiger partial charge in [0.2, 0.25) is 11.8 Å². The largest absolute Gasteiger partial charge is 0.387 e. The molecule has 0 bridgehead atoms. The molecule has 2 saturated heterocycles. The Hall–Kier alpha value is -2.85. The molecule has 10 heteroatoms. The molecule has 2 aliphatic rings. The van der Waals surface area contributed by atoms with Crippen LogP contribution in [0.2, 0.25) is 0 Å². The number of rotatable bonds is 7. The smallest absolute Gasteiger partial charge is 0.291 e. The average molecular weight is 471 g/mol. The van der Waals surface area contributed by atoms with Gasteiger partial charge >= 0.3 is 0 Å². The summed E-state index contributed by atoms with van der Waals surface area (Å²) in [5.41, 5.74) is 1.18. The number of aliphatic hydroxyl groups excluding tert-OH is 1. The average Bonchev–Trinajstić information content (AvgIpc) is 3.60. The summed E-state index contributed by atoms with van der Waals surface area (Å²) in [6.45, 7) is 7.99. The maximum absolute atomic E-state index is 14.7. The third-order valence-corrected chi connectivity index (χ3v) is 7.00.